The monoisotopic (exact) mass is 438 g/mol. The van der Waals surface area contributed by atoms with Crippen LogP contribution in [0.1, 0.15) is 21.5 Å². The molecule has 0 fully saturated rings. The molecule has 3 aromatic rings. The smallest absolute Gasteiger partial charge is 0.343 e. The molecular formula is C23H19ClN2O3S. The van der Waals surface area contributed by atoms with Gasteiger partial charge in [0.25, 0.3) is 0 Å². The van der Waals surface area contributed by atoms with Crippen LogP contribution >= 0.6 is 23.4 Å². The van der Waals surface area contributed by atoms with Crippen molar-refractivity contribution in [2.24, 2.45) is 5.10 Å². The van der Waals surface area contributed by atoms with Crippen molar-refractivity contribution in [2.45, 2.75) is 5.75 Å². The topological polar surface area (TPSA) is 67.8 Å². The molecule has 0 bridgehead atoms. The summed E-state index contributed by atoms with van der Waals surface area (Å²) < 4.78 is 5.32. The van der Waals surface area contributed by atoms with Crippen LogP contribution in [0.5, 0.6) is 5.75 Å². The zero-order chi connectivity index (χ0) is 21.2. The predicted molar refractivity (Wildman–Crippen MR) is 121 cm³/mol. The fraction of sp³-hybridized carbons (Fsp3) is 0.0870. The third-order valence-corrected chi connectivity index (χ3v) is 5.13. The molecule has 3 rings (SSSR count). The number of esters is 1. The lowest BCUT2D eigenvalue weighted by Gasteiger charge is -2.04. The number of hydrazone groups is 1. The second-order valence-electron chi connectivity index (χ2n) is 6.24. The lowest BCUT2D eigenvalue weighted by molar-refractivity contribution is -0.118. The molecule has 0 heterocycles. The second kappa shape index (κ2) is 11.2. The molecular weight excluding hydrogens is 420 g/mol. The second-order valence-corrected chi connectivity index (χ2v) is 7.66. The maximum Gasteiger partial charge on any atom is 0.343 e. The Bertz CT molecular complexity index is 1020. The Kier molecular flexibility index (Phi) is 8.06. The Morgan fingerprint density at radius 3 is 2.50 bits per heavy atom. The van der Waals surface area contributed by atoms with Crippen LogP contribution in [0.15, 0.2) is 84.0 Å². The van der Waals surface area contributed by atoms with Crippen LogP contribution in [-0.2, 0) is 10.5 Å². The minimum atomic E-state index is -0.417. The first-order chi connectivity index (χ1) is 14.6. The molecule has 30 heavy (non-hydrogen) atoms. The van der Waals surface area contributed by atoms with Gasteiger partial charge in [-0.1, -0.05) is 41.9 Å². The minimum absolute atomic E-state index is 0.188. The van der Waals surface area contributed by atoms with E-state index in [1.807, 2.05) is 30.3 Å². The van der Waals surface area contributed by atoms with Crippen molar-refractivity contribution in [3.8, 4) is 5.75 Å². The molecule has 3 aromatic carbocycles. The molecule has 0 unspecified atom stereocenters. The van der Waals surface area contributed by atoms with E-state index in [2.05, 4.69) is 10.5 Å². The summed E-state index contributed by atoms with van der Waals surface area (Å²) in [6.45, 7) is 0. The largest absolute Gasteiger partial charge is 0.423 e. The first kappa shape index (κ1) is 21.6. The molecule has 1 N–H and O–H groups in total. The number of rotatable bonds is 8. The molecule has 0 saturated carbocycles. The van der Waals surface area contributed by atoms with E-state index in [4.69, 9.17) is 16.3 Å². The molecule has 5 nitrogen and oxygen atoms in total. The number of nitrogens with one attached hydrogen (secondary N) is 1. The number of hydrogen-bond donors (Lipinski definition) is 1. The molecule has 0 aliphatic heterocycles. The first-order valence-corrected chi connectivity index (χ1v) is 10.6. The van der Waals surface area contributed by atoms with Crippen LogP contribution in [0.2, 0.25) is 5.02 Å². The van der Waals surface area contributed by atoms with Crippen molar-refractivity contribution < 1.29 is 14.3 Å². The lowest BCUT2D eigenvalue weighted by atomic mass is 10.2. The van der Waals surface area contributed by atoms with Gasteiger partial charge in [0, 0.05) is 10.8 Å². The third kappa shape index (κ3) is 7.06. The van der Waals surface area contributed by atoms with Gasteiger partial charge in [-0.2, -0.15) is 5.10 Å². The molecule has 1 amide bonds. The van der Waals surface area contributed by atoms with Crippen molar-refractivity contribution in [1.82, 2.24) is 5.43 Å². The highest BCUT2D eigenvalue weighted by Crippen LogP contribution is 2.16. The minimum Gasteiger partial charge on any atom is -0.423 e. The number of thioether (sulfide) groups is 1. The maximum atomic E-state index is 12.0. The van der Waals surface area contributed by atoms with Gasteiger partial charge in [0.1, 0.15) is 5.75 Å². The zero-order valence-electron chi connectivity index (χ0n) is 16.0. The molecule has 0 saturated heterocycles. The lowest BCUT2D eigenvalue weighted by Crippen LogP contribution is -2.19. The molecule has 152 valence electrons. The Hall–Kier alpha value is -3.09. The summed E-state index contributed by atoms with van der Waals surface area (Å²) in [5.74, 6) is 0.813. The van der Waals surface area contributed by atoms with Crippen LogP contribution in [0, 0.1) is 0 Å². The van der Waals surface area contributed by atoms with E-state index in [9.17, 15) is 9.59 Å². The molecule has 0 radical (unpaired) electrons. The quantitative estimate of drug-likeness (QED) is 0.234. The van der Waals surface area contributed by atoms with Crippen LogP contribution in [0.25, 0.3) is 0 Å². The fourth-order valence-corrected chi connectivity index (χ4v) is 3.44. The molecule has 0 spiro atoms. The molecule has 7 heteroatoms. The van der Waals surface area contributed by atoms with Gasteiger partial charge in [0.2, 0.25) is 5.91 Å². The van der Waals surface area contributed by atoms with Crippen molar-refractivity contribution in [3.05, 3.63) is 101 Å². The van der Waals surface area contributed by atoms with Crippen molar-refractivity contribution in [3.63, 3.8) is 0 Å². The molecule has 0 atom stereocenters. The van der Waals surface area contributed by atoms with Crippen molar-refractivity contribution in [1.29, 1.82) is 0 Å². The van der Waals surface area contributed by atoms with E-state index in [1.54, 1.807) is 48.5 Å². The Morgan fingerprint density at radius 2 is 1.77 bits per heavy atom. The van der Waals surface area contributed by atoms with Crippen molar-refractivity contribution in [2.75, 3.05) is 5.75 Å². The average Bonchev–Trinajstić information content (AvgIpc) is 2.76. The summed E-state index contributed by atoms with van der Waals surface area (Å²) in [4.78, 5) is 23.9. The standard InChI is InChI=1S/C23H19ClN2O3S/c24-20-8-4-5-18(13-20)15-30-16-22(27)26-25-14-17-9-11-21(12-10-17)29-23(28)19-6-2-1-3-7-19/h1-14H,15-16H2,(H,26,27)/b25-14-. The fourth-order valence-electron chi connectivity index (χ4n) is 2.46. The number of nitrogens with zero attached hydrogens (tertiary/aromatic N) is 1. The highest BCUT2D eigenvalue weighted by molar-refractivity contribution is 7.99. The van der Waals surface area contributed by atoms with Gasteiger partial charge >= 0.3 is 5.97 Å². The number of benzene rings is 3. The number of carbonyl (C=O) groups is 2. The number of ether oxygens (including phenoxy) is 1. The Morgan fingerprint density at radius 1 is 1.00 bits per heavy atom. The summed E-state index contributed by atoms with van der Waals surface area (Å²) in [5.41, 5.74) is 4.81. The van der Waals surface area contributed by atoms with E-state index in [0.717, 1.165) is 11.1 Å². The highest BCUT2D eigenvalue weighted by atomic mass is 35.5. The van der Waals surface area contributed by atoms with Gasteiger partial charge in [-0.25, -0.2) is 10.2 Å². The zero-order valence-corrected chi connectivity index (χ0v) is 17.5. The summed E-state index contributed by atoms with van der Waals surface area (Å²) >= 11 is 7.43. The van der Waals surface area contributed by atoms with Crippen LogP contribution < -0.4 is 10.2 Å². The van der Waals surface area contributed by atoms with E-state index >= 15 is 0 Å². The normalized spacial score (nSPS) is 10.7. The number of amides is 1. The summed E-state index contributed by atoms with van der Waals surface area (Å²) in [7, 11) is 0. The van der Waals surface area contributed by atoms with Gasteiger partial charge < -0.3 is 4.74 Å². The summed E-state index contributed by atoms with van der Waals surface area (Å²) in [6, 6.07) is 23.2. The summed E-state index contributed by atoms with van der Waals surface area (Å²) in [6.07, 6.45) is 1.53. The van der Waals surface area contributed by atoms with Crippen LogP contribution in [-0.4, -0.2) is 23.8 Å². The predicted octanol–water partition coefficient (Wildman–Crippen LogP) is 4.94. The maximum absolute atomic E-state index is 12.0. The van der Waals surface area contributed by atoms with Gasteiger partial charge in [-0.3, -0.25) is 4.79 Å². The van der Waals surface area contributed by atoms with Gasteiger partial charge in [-0.05, 0) is 59.7 Å². The van der Waals surface area contributed by atoms with Gasteiger partial charge in [0.05, 0.1) is 17.5 Å². The number of hydrogen-bond acceptors (Lipinski definition) is 5. The third-order valence-electron chi connectivity index (χ3n) is 3.89. The van der Waals surface area contributed by atoms with E-state index in [0.29, 0.717) is 22.1 Å². The molecule has 0 aliphatic rings. The first-order valence-electron chi connectivity index (χ1n) is 9.11. The SMILES string of the molecule is O=C(CSCc1cccc(Cl)c1)N/N=C\c1ccc(OC(=O)c2ccccc2)cc1. The molecule has 0 aliphatic carbocycles. The van der Waals surface area contributed by atoms with Gasteiger partial charge in [-0.15, -0.1) is 11.8 Å². The average molecular weight is 439 g/mol. The van der Waals surface area contributed by atoms with E-state index < -0.39 is 5.97 Å². The Labute approximate surface area is 184 Å². The van der Waals surface area contributed by atoms with Crippen molar-refractivity contribution >= 4 is 41.5 Å². The van der Waals surface area contributed by atoms with Crippen LogP contribution in [0.4, 0.5) is 0 Å². The van der Waals surface area contributed by atoms with Crippen LogP contribution in [0.3, 0.4) is 0 Å². The summed E-state index contributed by atoms with van der Waals surface area (Å²) in [5, 5.41) is 4.64. The molecule has 0 aromatic heterocycles. The highest BCUT2D eigenvalue weighted by Gasteiger charge is 2.07. The Balaban J connectivity index is 1.41. The van der Waals surface area contributed by atoms with E-state index in [-0.39, 0.29) is 11.7 Å². The van der Waals surface area contributed by atoms with Gasteiger partial charge in [0.15, 0.2) is 0 Å². The van der Waals surface area contributed by atoms with E-state index in [1.165, 1.54) is 18.0 Å². The number of halogens is 1. The number of carbonyl (C=O) groups excluding carboxylic acids is 2.